The number of nitriles is 1. The zero-order chi connectivity index (χ0) is 21.4. The van der Waals surface area contributed by atoms with Gasteiger partial charge in [0.05, 0.1) is 21.6 Å². The quantitative estimate of drug-likeness (QED) is 0.538. The van der Waals surface area contributed by atoms with E-state index >= 15 is 0 Å². The van der Waals surface area contributed by atoms with Crippen molar-refractivity contribution in [1.29, 1.82) is 5.26 Å². The van der Waals surface area contributed by atoms with E-state index in [4.69, 9.17) is 10.5 Å². The van der Waals surface area contributed by atoms with E-state index in [1.165, 1.54) is 11.6 Å². The number of ether oxygens (including phenoxy) is 1. The molecule has 0 spiro atoms. The van der Waals surface area contributed by atoms with Crippen LogP contribution in [0.5, 0.6) is 5.88 Å². The van der Waals surface area contributed by atoms with Crippen molar-refractivity contribution < 1.29 is 9.13 Å². The van der Waals surface area contributed by atoms with Crippen molar-refractivity contribution >= 4 is 15.9 Å². The van der Waals surface area contributed by atoms with Crippen LogP contribution in [0.15, 0.2) is 58.4 Å². The molecule has 3 N–H and O–H groups in total. The van der Waals surface area contributed by atoms with Crippen LogP contribution >= 0.6 is 15.9 Å². The third-order valence-electron chi connectivity index (χ3n) is 5.10. The van der Waals surface area contributed by atoms with Gasteiger partial charge in [0, 0.05) is 5.56 Å². The second-order valence-corrected chi connectivity index (χ2v) is 8.57. The number of halogens is 2. The fourth-order valence-corrected chi connectivity index (χ4v) is 4.17. The van der Waals surface area contributed by atoms with E-state index in [2.05, 4.69) is 58.2 Å². The monoisotopic (exact) mass is 466 g/mol. The molecule has 0 amide bonds. The minimum atomic E-state index is -0.528. The Hall–Kier alpha value is -3.11. The maximum atomic E-state index is 13.8. The summed E-state index contributed by atoms with van der Waals surface area (Å²) in [5, 5.41) is 17.1. The molecule has 0 saturated heterocycles. The van der Waals surface area contributed by atoms with Gasteiger partial charge in [0.1, 0.15) is 17.5 Å². The zero-order valence-corrected chi connectivity index (χ0v) is 18.1. The molecule has 1 aromatic heterocycles. The minimum absolute atomic E-state index is 0.000721. The molecule has 0 aliphatic carbocycles. The summed E-state index contributed by atoms with van der Waals surface area (Å²) in [6.07, 6.45) is 0.995. The highest BCUT2D eigenvalue weighted by Crippen LogP contribution is 2.46. The average molecular weight is 467 g/mol. The molecule has 0 saturated carbocycles. The number of fused-ring (bicyclic) bond motifs is 1. The Morgan fingerprint density at radius 1 is 1.27 bits per heavy atom. The number of allylic oxidation sites excluding steroid dienone is 1. The summed E-state index contributed by atoms with van der Waals surface area (Å²) < 4.78 is 19.8. The molecule has 3 aromatic rings. The van der Waals surface area contributed by atoms with Gasteiger partial charge < -0.3 is 10.5 Å². The molecule has 1 aliphatic rings. The SMILES string of the molecule is CC(C)Cc1ccc(-c2[nH]nc3c2C(c2ccc(F)c(Br)c2)C(C#N)=C(N)O3)cc1. The molecule has 1 unspecified atom stereocenters. The van der Waals surface area contributed by atoms with Crippen LogP contribution in [-0.2, 0) is 6.42 Å². The number of aromatic nitrogens is 2. The molecule has 152 valence electrons. The van der Waals surface area contributed by atoms with Gasteiger partial charge in [0.15, 0.2) is 0 Å². The van der Waals surface area contributed by atoms with Crippen molar-refractivity contribution in [3.8, 4) is 23.2 Å². The summed E-state index contributed by atoms with van der Waals surface area (Å²) in [5.41, 5.74) is 10.6. The lowest BCUT2D eigenvalue weighted by molar-refractivity contribution is 0.379. The summed E-state index contributed by atoms with van der Waals surface area (Å²) in [7, 11) is 0. The van der Waals surface area contributed by atoms with Gasteiger partial charge in [-0.05, 0) is 51.5 Å². The van der Waals surface area contributed by atoms with Crippen molar-refractivity contribution in [2.24, 2.45) is 11.7 Å². The predicted molar refractivity (Wildman–Crippen MR) is 116 cm³/mol. The lowest BCUT2D eigenvalue weighted by Gasteiger charge is -2.24. The van der Waals surface area contributed by atoms with Gasteiger partial charge in [-0.25, -0.2) is 4.39 Å². The van der Waals surface area contributed by atoms with Gasteiger partial charge in [0.2, 0.25) is 11.8 Å². The van der Waals surface area contributed by atoms with E-state index in [1.807, 2.05) is 12.1 Å². The highest BCUT2D eigenvalue weighted by Gasteiger charge is 2.35. The topological polar surface area (TPSA) is 87.7 Å². The second-order valence-electron chi connectivity index (χ2n) is 7.71. The number of hydrogen-bond acceptors (Lipinski definition) is 4. The Kier molecular flexibility index (Phi) is 5.35. The van der Waals surface area contributed by atoms with Gasteiger partial charge in [-0.15, -0.1) is 5.10 Å². The summed E-state index contributed by atoms with van der Waals surface area (Å²) >= 11 is 3.23. The largest absolute Gasteiger partial charge is 0.420 e. The number of aromatic amines is 1. The molecule has 7 heteroatoms. The van der Waals surface area contributed by atoms with Gasteiger partial charge in [0.25, 0.3) is 0 Å². The lowest BCUT2D eigenvalue weighted by atomic mass is 9.83. The van der Waals surface area contributed by atoms with Crippen molar-refractivity contribution in [2.45, 2.75) is 26.2 Å². The predicted octanol–water partition coefficient (Wildman–Crippen LogP) is 5.39. The first-order valence-corrected chi connectivity index (χ1v) is 10.4. The summed E-state index contributed by atoms with van der Waals surface area (Å²) in [4.78, 5) is 0. The smallest absolute Gasteiger partial charge is 0.244 e. The Bertz CT molecular complexity index is 1170. The van der Waals surface area contributed by atoms with E-state index < -0.39 is 5.92 Å². The van der Waals surface area contributed by atoms with Crippen molar-refractivity contribution in [3.63, 3.8) is 0 Å². The number of hydrogen-bond donors (Lipinski definition) is 2. The first-order valence-electron chi connectivity index (χ1n) is 9.59. The first-order chi connectivity index (χ1) is 14.4. The molecule has 1 aliphatic heterocycles. The Morgan fingerprint density at radius 3 is 2.63 bits per heavy atom. The molecule has 0 bridgehead atoms. The average Bonchev–Trinajstić information content (AvgIpc) is 3.12. The second kappa shape index (κ2) is 7.96. The van der Waals surface area contributed by atoms with Gasteiger partial charge >= 0.3 is 0 Å². The minimum Gasteiger partial charge on any atom is -0.420 e. The third-order valence-corrected chi connectivity index (χ3v) is 5.71. The highest BCUT2D eigenvalue weighted by atomic mass is 79.9. The van der Waals surface area contributed by atoms with Crippen LogP contribution in [0.1, 0.15) is 36.5 Å². The summed E-state index contributed by atoms with van der Waals surface area (Å²) in [6.45, 7) is 4.37. The van der Waals surface area contributed by atoms with E-state index in [9.17, 15) is 9.65 Å². The number of benzene rings is 2. The van der Waals surface area contributed by atoms with Crippen LogP contribution < -0.4 is 10.5 Å². The Morgan fingerprint density at radius 2 is 2.00 bits per heavy atom. The molecule has 5 nitrogen and oxygen atoms in total. The fourth-order valence-electron chi connectivity index (χ4n) is 3.77. The van der Waals surface area contributed by atoms with E-state index in [0.717, 1.165) is 17.7 Å². The van der Waals surface area contributed by atoms with Crippen LogP contribution in [0, 0.1) is 23.1 Å². The molecule has 0 fully saturated rings. The summed E-state index contributed by atoms with van der Waals surface area (Å²) in [6, 6.07) is 15.0. The van der Waals surface area contributed by atoms with E-state index in [0.29, 0.717) is 27.4 Å². The van der Waals surface area contributed by atoms with Crippen LogP contribution in [-0.4, -0.2) is 10.2 Å². The normalized spacial score (nSPS) is 15.7. The van der Waals surface area contributed by atoms with Crippen molar-refractivity contribution in [2.75, 3.05) is 0 Å². The molecule has 0 radical (unpaired) electrons. The van der Waals surface area contributed by atoms with Gasteiger partial charge in [-0.3, -0.25) is 5.10 Å². The van der Waals surface area contributed by atoms with Crippen LogP contribution in [0.25, 0.3) is 11.3 Å². The first kappa shape index (κ1) is 20.2. The summed E-state index contributed by atoms with van der Waals surface area (Å²) in [5.74, 6) is -0.0230. The maximum absolute atomic E-state index is 13.8. The Balaban J connectivity index is 1.84. The zero-order valence-electron chi connectivity index (χ0n) is 16.5. The molecule has 30 heavy (non-hydrogen) atoms. The maximum Gasteiger partial charge on any atom is 0.244 e. The lowest BCUT2D eigenvalue weighted by Crippen LogP contribution is -2.21. The van der Waals surface area contributed by atoms with Crippen molar-refractivity contribution in [3.05, 3.63) is 80.9 Å². The van der Waals surface area contributed by atoms with Crippen LogP contribution in [0.4, 0.5) is 4.39 Å². The molecular formula is C23H20BrFN4O. The third kappa shape index (κ3) is 3.59. The molecule has 1 atom stereocenters. The molecule has 4 rings (SSSR count). The molecule has 2 aromatic carbocycles. The van der Waals surface area contributed by atoms with Gasteiger partial charge in [-0.2, -0.15) is 5.26 Å². The molecular weight excluding hydrogens is 447 g/mol. The van der Waals surface area contributed by atoms with Crippen LogP contribution in [0.2, 0.25) is 0 Å². The standard InChI is InChI=1S/C23H20BrFN4O/c1-12(2)9-13-3-5-14(6-4-13)21-20-19(15-7-8-18(25)17(24)10-15)16(11-26)22(27)30-23(20)29-28-21/h3-8,10,12,19H,9,27H2,1-2H3,(H,28,29). The number of nitrogens with zero attached hydrogens (tertiary/aromatic N) is 2. The van der Waals surface area contributed by atoms with Crippen molar-refractivity contribution in [1.82, 2.24) is 10.2 Å². The van der Waals surface area contributed by atoms with E-state index in [-0.39, 0.29) is 17.3 Å². The number of nitrogens with two attached hydrogens (primary N) is 1. The Labute approximate surface area is 182 Å². The number of rotatable bonds is 4. The van der Waals surface area contributed by atoms with Gasteiger partial charge in [-0.1, -0.05) is 44.2 Å². The number of H-pyrrole nitrogens is 1. The molecule has 2 heterocycles. The van der Waals surface area contributed by atoms with Crippen LogP contribution in [0.3, 0.4) is 0 Å². The van der Waals surface area contributed by atoms with E-state index in [1.54, 1.807) is 12.1 Å². The number of nitrogens with one attached hydrogen (secondary N) is 1. The fraction of sp³-hybridized carbons (Fsp3) is 0.217. The highest BCUT2D eigenvalue weighted by molar-refractivity contribution is 9.10.